The molecule has 1 N–H and O–H groups in total. The lowest BCUT2D eigenvalue weighted by molar-refractivity contribution is 0.00578. The molecule has 188 valence electrons. The van der Waals surface area contributed by atoms with Gasteiger partial charge in [0.1, 0.15) is 12.4 Å². The van der Waals surface area contributed by atoms with E-state index in [-0.39, 0.29) is 18.3 Å². The van der Waals surface area contributed by atoms with E-state index in [4.69, 9.17) is 14.0 Å². The van der Waals surface area contributed by atoms with Gasteiger partial charge in [0.25, 0.3) is 0 Å². The van der Waals surface area contributed by atoms with Gasteiger partial charge >= 0.3 is 7.12 Å². The van der Waals surface area contributed by atoms with Crippen molar-refractivity contribution in [3.63, 3.8) is 0 Å². The van der Waals surface area contributed by atoms with Crippen molar-refractivity contribution in [2.24, 2.45) is 0 Å². The minimum Gasteiger partial charge on any atom is -0.492 e. The van der Waals surface area contributed by atoms with Gasteiger partial charge in [0.15, 0.2) is 0 Å². The Kier molecular flexibility index (Phi) is 8.04. The second kappa shape index (κ2) is 11.0. The van der Waals surface area contributed by atoms with Gasteiger partial charge in [0.05, 0.1) is 11.2 Å². The van der Waals surface area contributed by atoms with E-state index >= 15 is 0 Å². The normalized spacial score (nSPS) is 17.1. The topological polar surface area (TPSA) is 39.7 Å². The van der Waals surface area contributed by atoms with E-state index in [9.17, 15) is 0 Å². The first-order valence-electron chi connectivity index (χ1n) is 12.9. The third-order valence-electron chi connectivity index (χ3n) is 7.27. The van der Waals surface area contributed by atoms with Gasteiger partial charge in [-0.25, -0.2) is 0 Å². The molecule has 1 fully saturated rings. The fourth-order valence-corrected chi connectivity index (χ4v) is 4.45. The van der Waals surface area contributed by atoms with Gasteiger partial charge in [-0.1, -0.05) is 73.7 Å². The van der Waals surface area contributed by atoms with Crippen LogP contribution in [0.15, 0.2) is 78.9 Å². The summed E-state index contributed by atoms with van der Waals surface area (Å²) >= 11 is 0. The highest BCUT2D eigenvalue weighted by atomic mass is 16.7. The Labute approximate surface area is 216 Å². The molecule has 0 amide bonds. The van der Waals surface area contributed by atoms with Crippen LogP contribution in [-0.2, 0) is 9.31 Å². The molecule has 4 nitrogen and oxygen atoms in total. The lowest BCUT2D eigenvalue weighted by Gasteiger charge is -2.32. The Morgan fingerprint density at radius 2 is 1.33 bits per heavy atom. The van der Waals surface area contributed by atoms with Crippen LogP contribution in [0.4, 0.5) is 0 Å². The number of hydrogen-bond donors (Lipinski definition) is 1. The molecule has 0 unspecified atom stereocenters. The van der Waals surface area contributed by atoms with E-state index in [0.717, 1.165) is 24.2 Å². The smallest absolute Gasteiger partial charge is 0.492 e. The van der Waals surface area contributed by atoms with Crippen LogP contribution >= 0.6 is 0 Å². The number of benzene rings is 3. The third-order valence-corrected chi connectivity index (χ3v) is 7.27. The van der Waals surface area contributed by atoms with E-state index in [1.54, 1.807) is 0 Å². The first kappa shape index (κ1) is 26.2. The minimum absolute atomic E-state index is 0.360. The largest absolute Gasteiger partial charge is 0.494 e. The van der Waals surface area contributed by atoms with E-state index < -0.39 is 0 Å². The number of ether oxygens (including phenoxy) is 1. The number of nitrogens with one attached hydrogen (secondary N) is 1. The summed E-state index contributed by atoms with van der Waals surface area (Å²) in [4.78, 5) is 0. The summed E-state index contributed by atoms with van der Waals surface area (Å²) in [7, 11) is 1.56. The van der Waals surface area contributed by atoms with Gasteiger partial charge in [-0.3, -0.25) is 0 Å². The van der Waals surface area contributed by atoms with E-state index in [2.05, 4.69) is 119 Å². The number of hydrogen-bond acceptors (Lipinski definition) is 4. The lowest BCUT2D eigenvalue weighted by atomic mass is 9.78. The zero-order valence-corrected chi connectivity index (χ0v) is 22.4. The molecule has 1 aliphatic heterocycles. The van der Waals surface area contributed by atoms with Crippen LogP contribution in [0.5, 0.6) is 5.75 Å². The van der Waals surface area contributed by atoms with Crippen molar-refractivity contribution >= 4 is 23.7 Å². The van der Waals surface area contributed by atoms with Gasteiger partial charge in [-0.15, -0.1) is 0 Å². The second-order valence-corrected chi connectivity index (χ2v) is 10.3. The zero-order valence-electron chi connectivity index (χ0n) is 22.4. The number of likely N-dealkylation sites (N-methyl/N-ethyl adjacent to an activating group) is 1. The first-order chi connectivity index (χ1) is 17.3. The molecule has 4 rings (SSSR count). The average Bonchev–Trinajstić information content (AvgIpc) is 3.10. The molecular weight excluding hydrogens is 445 g/mol. The standard InChI is InChI=1S/C31H38BNO3/c1-7-28(23-11-9-8-10-12-23)29(25-15-19-27(20-16-25)34-22-21-33-6)24-13-17-26(18-14-24)32-35-30(2,3)31(4,5)36-32/h8-20,33H,7,21-22H2,1-6H3/b29-28-. The number of allylic oxidation sites excluding steroid dienone is 1. The molecule has 0 aromatic heterocycles. The van der Waals surface area contributed by atoms with Crippen molar-refractivity contribution in [3.05, 3.63) is 95.6 Å². The highest BCUT2D eigenvalue weighted by molar-refractivity contribution is 6.62. The first-order valence-corrected chi connectivity index (χ1v) is 12.9. The molecule has 1 heterocycles. The molecule has 3 aromatic carbocycles. The SMILES string of the molecule is CC/C(=C(/c1ccc(OCCNC)cc1)c1ccc(B2OC(C)(C)C(C)(C)O2)cc1)c1ccccc1. The minimum atomic E-state index is -0.370. The van der Waals surface area contributed by atoms with E-state index in [1.165, 1.54) is 27.8 Å². The van der Waals surface area contributed by atoms with Crippen molar-refractivity contribution in [2.45, 2.75) is 52.2 Å². The fraction of sp³-hybridized carbons (Fsp3) is 0.355. The van der Waals surface area contributed by atoms with Gasteiger partial charge in [-0.2, -0.15) is 0 Å². The van der Waals surface area contributed by atoms with Crippen molar-refractivity contribution in [1.82, 2.24) is 5.32 Å². The van der Waals surface area contributed by atoms with Crippen molar-refractivity contribution < 1.29 is 14.0 Å². The number of rotatable bonds is 9. The highest BCUT2D eigenvalue weighted by Crippen LogP contribution is 2.37. The summed E-state index contributed by atoms with van der Waals surface area (Å²) in [6, 6.07) is 27.7. The molecule has 5 heteroatoms. The fourth-order valence-electron chi connectivity index (χ4n) is 4.45. The Balaban J connectivity index is 1.71. The maximum absolute atomic E-state index is 6.27. The summed E-state index contributed by atoms with van der Waals surface area (Å²) in [5, 5.41) is 3.11. The Bertz CT molecular complexity index is 1150. The quantitative estimate of drug-likeness (QED) is 0.232. The van der Waals surface area contributed by atoms with Crippen LogP contribution in [0.1, 0.15) is 57.7 Å². The maximum Gasteiger partial charge on any atom is 0.494 e. The predicted molar refractivity (Wildman–Crippen MR) is 151 cm³/mol. The van der Waals surface area contributed by atoms with E-state index in [1.807, 2.05) is 7.05 Å². The Morgan fingerprint density at radius 3 is 1.86 bits per heavy atom. The predicted octanol–water partition coefficient (Wildman–Crippen LogP) is 5.95. The second-order valence-electron chi connectivity index (χ2n) is 10.3. The highest BCUT2D eigenvalue weighted by Gasteiger charge is 2.51. The van der Waals surface area contributed by atoms with Crippen LogP contribution in [0, 0.1) is 0 Å². The monoisotopic (exact) mass is 483 g/mol. The summed E-state index contributed by atoms with van der Waals surface area (Å²) in [5.74, 6) is 0.877. The molecule has 1 aliphatic rings. The van der Waals surface area contributed by atoms with Crippen molar-refractivity contribution in [3.8, 4) is 5.75 Å². The molecule has 0 saturated carbocycles. The molecule has 3 aromatic rings. The Morgan fingerprint density at radius 1 is 0.778 bits per heavy atom. The van der Waals surface area contributed by atoms with Gasteiger partial charge < -0.3 is 19.4 Å². The summed E-state index contributed by atoms with van der Waals surface area (Å²) < 4.78 is 18.4. The summed E-state index contributed by atoms with van der Waals surface area (Å²) in [5.41, 5.74) is 6.41. The Hall–Kier alpha value is -2.86. The van der Waals surface area contributed by atoms with Gasteiger partial charge in [0.2, 0.25) is 0 Å². The van der Waals surface area contributed by atoms with Gasteiger partial charge in [0, 0.05) is 6.54 Å². The molecule has 0 bridgehead atoms. The van der Waals surface area contributed by atoms with E-state index in [0.29, 0.717) is 6.61 Å². The van der Waals surface area contributed by atoms with Crippen LogP contribution in [-0.4, -0.2) is 38.5 Å². The van der Waals surface area contributed by atoms with Crippen molar-refractivity contribution in [1.29, 1.82) is 0 Å². The van der Waals surface area contributed by atoms with Crippen LogP contribution in [0.25, 0.3) is 11.1 Å². The lowest BCUT2D eigenvalue weighted by Crippen LogP contribution is -2.41. The third kappa shape index (κ3) is 5.59. The van der Waals surface area contributed by atoms with Gasteiger partial charge in [-0.05, 0) is 86.6 Å². The van der Waals surface area contributed by atoms with Crippen LogP contribution in [0.3, 0.4) is 0 Å². The zero-order chi connectivity index (χ0) is 25.8. The summed E-state index contributed by atoms with van der Waals surface area (Å²) in [6.07, 6.45) is 0.915. The van der Waals surface area contributed by atoms with Crippen LogP contribution < -0.4 is 15.5 Å². The maximum atomic E-state index is 6.27. The molecule has 0 spiro atoms. The molecule has 0 atom stereocenters. The molecule has 1 saturated heterocycles. The molecular formula is C31H38BNO3. The van der Waals surface area contributed by atoms with Crippen LogP contribution in [0.2, 0.25) is 0 Å². The molecule has 0 aliphatic carbocycles. The molecule has 36 heavy (non-hydrogen) atoms. The van der Waals surface area contributed by atoms with Crippen molar-refractivity contribution in [2.75, 3.05) is 20.2 Å². The average molecular weight is 483 g/mol. The molecule has 0 radical (unpaired) electrons. The summed E-state index contributed by atoms with van der Waals surface area (Å²) in [6.45, 7) is 12.0.